The van der Waals surface area contributed by atoms with Crippen LogP contribution in [-0.4, -0.2) is 28.6 Å². The van der Waals surface area contributed by atoms with E-state index in [2.05, 4.69) is 4.98 Å². The molecule has 0 bridgehead atoms. The first kappa shape index (κ1) is 12.8. The second kappa shape index (κ2) is 5.43. The predicted molar refractivity (Wildman–Crippen MR) is 75.0 cm³/mol. The third-order valence-corrected chi connectivity index (χ3v) is 3.48. The molecule has 0 saturated carbocycles. The molecule has 0 aliphatic carbocycles. The SMILES string of the molecule is CC1OC(c2ccccc2)CN1C(=O)c1ccccn1. The number of amides is 1. The van der Waals surface area contributed by atoms with Crippen molar-refractivity contribution in [3.8, 4) is 0 Å². The van der Waals surface area contributed by atoms with Crippen molar-refractivity contribution in [3.05, 3.63) is 66.0 Å². The summed E-state index contributed by atoms with van der Waals surface area (Å²) in [6.45, 7) is 2.45. The van der Waals surface area contributed by atoms with Crippen molar-refractivity contribution in [1.29, 1.82) is 0 Å². The van der Waals surface area contributed by atoms with Crippen molar-refractivity contribution in [2.75, 3.05) is 6.54 Å². The maximum atomic E-state index is 12.4. The summed E-state index contributed by atoms with van der Waals surface area (Å²) in [5, 5.41) is 0. The molecule has 1 aromatic heterocycles. The van der Waals surface area contributed by atoms with Gasteiger partial charge in [-0.1, -0.05) is 36.4 Å². The number of hydrogen-bond donors (Lipinski definition) is 0. The maximum absolute atomic E-state index is 12.4. The molecule has 102 valence electrons. The molecule has 1 saturated heterocycles. The summed E-state index contributed by atoms with van der Waals surface area (Å²) in [4.78, 5) is 18.2. The highest BCUT2D eigenvalue weighted by Gasteiger charge is 2.34. The molecule has 0 spiro atoms. The third kappa shape index (κ3) is 2.42. The Hall–Kier alpha value is -2.20. The van der Waals surface area contributed by atoms with Crippen LogP contribution in [-0.2, 0) is 4.74 Å². The molecule has 20 heavy (non-hydrogen) atoms. The van der Waals surface area contributed by atoms with Gasteiger partial charge in [-0.2, -0.15) is 0 Å². The fourth-order valence-corrected chi connectivity index (χ4v) is 2.42. The minimum absolute atomic E-state index is 0.0705. The fraction of sp³-hybridized carbons (Fsp3) is 0.250. The van der Waals surface area contributed by atoms with Crippen molar-refractivity contribution < 1.29 is 9.53 Å². The average Bonchev–Trinajstić information content (AvgIpc) is 2.90. The van der Waals surface area contributed by atoms with Gasteiger partial charge in [-0.15, -0.1) is 0 Å². The average molecular weight is 268 g/mol. The molecule has 3 rings (SSSR count). The Kier molecular flexibility index (Phi) is 3.48. The van der Waals surface area contributed by atoms with Gasteiger partial charge in [0.1, 0.15) is 18.0 Å². The van der Waals surface area contributed by atoms with Crippen LogP contribution < -0.4 is 0 Å². The molecule has 1 amide bonds. The number of rotatable bonds is 2. The first-order chi connectivity index (χ1) is 9.75. The van der Waals surface area contributed by atoms with Crippen molar-refractivity contribution in [3.63, 3.8) is 0 Å². The van der Waals surface area contributed by atoms with Gasteiger partial charge in [0.15, 0.2) is 0 Å². The van der Waals surface area contributed by atoms with E-state index in [9.17, 15) is 4.79 Å². The van der Waals surface area contributed by atoms with Crippen LogP contribution in [0.4, 0.5) is 0 Å². The Labute approximate surface area is 118 Å². The number of nitrogens with zero attached hydrogens (tertiary/aromatic N) is 2. The van der Waals surface area contributed by atoms with Crippen LogP contribution in [0.3, 0.4) is 0 Å². The van der Waals surface area contributed by atoms with Gasteiger partial charge in [0, 0.05) is 6.20 Å². The van der Waals surface area contributed by atoms with E-state index in [1.165, 1.54) is 0 Å². The number of ether oxygens (including phenoxy) is 1. The summed E-state index contributed by atoms with van der Waals surface area (Å²) in [5.74, 6) is -0.0865. The summed E-state index contributed by atoms with van der Waals surface area (Å²) in [6, 6.07) is 15.3. The predicted octanol–water partition coefficient (Wildman–Crippen LogP) is 2.64. The molecule has 1 aliphatic rings. The van der Waals surface area contributed by atoms with Crippen LogP contribution in [0.25, 0.3) is 0 Å². The van der Waals surface area contributed by atoms with Gasteiger partial charge in [-0.25, -0.2) is 0 Å². The molecule has 0 N–H and O–H groups in total. The number of carbonyl (C=O) groups is 1. The number of benzene rings is 1. The van der Waals surface area contributed by atoms with Crippen molar-refractivity contribution in [2.24, 2.45) is 0 Å². The van der Waals surface area contributed by atoms with Gasteiger partial charge < -0.3 is 9.64 Å². The summed E-state index contributed by atoms with van der Waals surface area (Å²) < 4.78 is 5.88. The third-order valence-electron chi connectivity index (χ3n) is 3.48. The summed E-state index contributed by atoms with van der Waals surface area (Å²) in [6.07, 6.45) is 1.32. The van der Waals surface area contributed by atoms with Crippen molar-refractivity contribution >= 4 is 5.91 Å². The monoisotopic (exact) mass is 268 g/mol. The lowest BCUT2D eigenvalue weighted by molar-refractivity contribution is 0.0135. The number of hydrogen-bond acceptors (Lipinski definition) is 3. The van der Waals surface area contributed by atoms with Crippen LogP contribution in [0.15, 0.2) is 54.7 Å². The zero-order chi connectivity index (χ0) is 13.9. The molecule has 2 aromatic rings. The van der Waals surface area contributed by atoms with Gasteiger partial charge >= 0.3 is 0 Å². The minimum atomic E-state index is -0.241. The van der Waals surface area contributed by atoms with Gasteiger partial charge in [0.2, 0.25) is 0 Å². The van der Waals surface area contributed by atoms with E-state index in [1.807, 2.05) is 43.3 Å². The minimum Gasteiger partial charge on any atom is -0.349 e. The Bertz CT molecular complexity index is 586. The zero-order valence-corrected chi connectivity index (χ0v) is 11.3. The number of aromatic nitrogens is 1. The van der Waals surface area contributed by atoms with E-state index in [4.69, 9.17) is 4.74 Å². The van der Waals surface area contributed by atoms with E-state index < -0.39 is 0 Å². The lowest BCUT2D eigenvalue weighted by atomic mass is 10.1. The van der Waals surface area contributed by atoms with Gasteiger partial charge in [-0.05, 0) is 24.6 Å². The highest BCUT2D eigenvalue weighted by atomic mass is 16.5. The van der Waals surface area contributed by atoms with Crippen molar-refractivity contribution in [1.82, 2.24) is 9.88 Å². The number of carbonyl (C=O) groups excluding carboxylic acids is 1. The van der Waals surface area contributed by atoms with E-state index in [0.717, 1.165) is 5.56 Å². The summed E-state index contributed by atoms with van der Waals surface area (Å²) in [7, 11) is 0. The maximum Gasteiger partial charge on any atom is 0.274 e. The van der Waals surface area contributed by atoms with Gasteiger partial charge in [-0.3, -0.25) is 9.78 Å². The quantitative estimate of drug-likeness (QED) is 0.841. The zero-order valence-electron chi connectivity index (χ0n) is 11.3. The van der Waals surface area contributed by atoms with Crippen LogP contribution in [0.2, 0.25) is 0 Å². The lowest BCUT2D eigenvalue weighted by Gasteiger charge is -2.18. The fourth-order valence-electron chi connectivity index (χ4n) is 2.42. The van der Waals surface area contributed by atoms with Gasteiger partial charge in [0.05, 0.1) is 6.54 Å². The Morgan fingerprint density at radius 1 is 1.20 bits per heavy atom. The van der Waals surface area contributed by atoms with Gasteiger partial charge in [0.25, 0.3) is 5.91 Å². The molecule has 4 nitrogen and oxygen atoms in total. The number of pyridine rings is 1. The van der Waals surface area contributed by atoms with Crippen molar-refractivity contribution in [2.45, 2.75) is 19.3 Å². The van der Waals surface area contributed by atoms with Crippen LogP contribution in [0.1, 0.15) is 29.1 Å². The molecule has 4 heteroatoms. The topological polar surface area (TPSA) is 42.4 Å². The molecule has 1 aromatic carbocycles. The van der Waals surface area contributed by atoms with Crippen LogP contribution >= 0.6 is 0 Å². The first-order valence-corrected chi connectivity index (χ1v) is 6.68. The largest absolute Gasteiger partial charge is 0.349 e. The van der Waals surface area contributed by atoms with E-state index in [-0.39, 0.29) is 18.2 Å². The lowest BCUT2D eigenvalue weighted by Crippen LogP contribution is -2.34. The Morgan fingerprint density at radius 3 is 2.65 bits per heavy atom. The molecule has 0 radical (unpaired) electrons. The molecular formula is C16H16N2O2. The Balaban J connectivity index is 1.78. The molecule has 2 unspecified atom stereocenters. The second-order valence-electron chi connectivity index (χ2n) is 4.81. The molecule has 2 atom stereocenters. The molecular weight excluding hydrogens is 252 g/mol. The van der Waals surface area contributed by atoms with E-state index >= 15 is 0 Å². The van der Waals surface area contributed by atoms with E-state index in [0.29, 0.717) is 12.2 Å². The van der Waals surface area contributed by atoms with Crippen LogP contribution in [0.5, 0.6) is 0 Å². The highest BCUT2D eigenvalue weighted by molar-refractivity contribution is 5.92. The normalized spacial score (nSPS) is 21.9. The smallest absolute Gasteiger partial charge is 0.274 e. The van der Waals surface area contributed by atoms with E-state index in [1.54, 1.807) is 23.2 Å². The Morgan fingerprint density at radius 2 is 1.95 bits per heavy atom. The highest BCUT2D eigenvalue weighted by Crippen LogP contribution is 2.29. The first-order valence-electron chi connectivity index (χ1n) is 6.68. The molecule has 2 heterocycles. The standard InChI is InChI=1S/C16H16N2O2/c1-12-18(16(19)14-9-5-6-10-17-14)11-15(20-12)13-7-3-2-4-8-13/h2-10,12,15H,11H2,1H3. The molecule has 1 aliphatic heterocycles. The second-order valence-corrected chi connectivity index (χ2v) is 4.81. The molecule has 1 fully saturated rings. The summed E-state index contributed by atoms with van der Waals surface area (Å²) >= 11 is 0. The van der Waals surface area contributed by atoms with Crippen LogP contribution in [0, 0.1) is 0 Å². The summed E-state index contributed by atoms with van der Waals surface area (Å²) in [5.41, 5.74) is 1.55.